The summed E-state index contributed by atoms with van der Waals surface area (Å²) in [4.78, 5) is 13.3. The SMILES string of the molecule is Cc1ncc(CN(CC2CCN(CCc3ccccc3C)CC2)C2CCCC2)[nH]1. The summed E-state index contributed by atoms with van der Waals surface area (Å²) in [6.07, 6.45) is 11.5. The number of hydrogen-bond acceptors (Lipinski definition) is 3. The Labute approximate surface area is 176 Å². The summed E-state index contributed by atoms with van der Waals surface area (Å²) in [5, 5.41) is 0. The predicted molar refractivity (Wildman–Crippen MR) is 120 cm³/mol. The van der Waals surface area contributed by atoms with Crippen molar-refractivity contribution in [3.8, 4) is 0 Å². The maximum absolute atomic E-state index is 4.42. The number of aromatic amines is 1. The van der Waals surface area contributed by atoms with Gasteiger partial charge in [-0.3, -0.25) is 4.90 Å². The molecular formula is C25H38N4. The third-order valence-corrected chi connectivity index (χ3v) is 7.13. The molecule has 158 valence electrons. The second-order valence-electron chi connectivity index (χ2n) is 9.32. The third-order valence-electron chi connectivity index (χ3n) is 7.13. The van der Waals surface area contributed by atoms with E-state index in [0.29, 0.717) is 0 Å². The lowest BCUT2D eigenvalue weighted by Crippen LogP contribution is -2.42. The second-order valence-corrected chi connectivity index (χ2v) is 9.32. The van der Waals surface area contributed by atoms with E-state index in [4.69, 9.17) is 0 Å². The van der Waals surface area contributed by atoms with Crippen LogP contribution in [0, 0.1) is 19.8 Å². The number of rotatable bonds is 8. The van der Waals surface area contributed by atoms with Gasteiger partial charge < -0.3 is 9.88 Å². The van der Waals surface area contributed by atoms with Gasteiger partial charge in [0.1, 0.15) is 5.82 Å². The van der Waals surface area contributed by atoms with Crippen LogP contribution in [0.5, 0.6) is 0 Å². The van der Waals surface area contributed by atoms with Crippen molar-refractivity contribution in [2.45, 2.75) is 71.4 Å². The van der Waals surface area contributed by atoms with Crippen LogP contribution in [0.25, 0.3) is 0 Å². The number of nitrogens with one attached hydrogen (secondary N) is 1. The Balaban J connectivity index is 1.26. The van der Waals surface area contributed by atoms with Crippen LogP contribution in [0.15, 0.2) is 30.5 Å². The van der Waals surface area contributed by atoms with Gasteiger partial charge in [-0.1, -0.05) is 37.1 Å². The lowest BCUT2D eigenvalue weighted by molar-refractivity contribution is 0.112. The van der Waals surface area contributed by atoms with Crippen LogP contribution in [0.4, 0.5) is 0 Å². The van der Waals surface area contributed by atoms with Crippen molar-refractivity contribution in [3.63, 3.8) is 0 Å². The molecule has 1 N–H and O–H groups in total. The Kier molecular flexibility index (Phi) is 7.04. The minimum Gasteiger partial charge on any atom is -0.345 e. The van der Waals surface area contributed by atoms with Gasteiger partial charge >= 0.3 is 0 Å². The van der Waals surface area contributed by atoms with E-state index in [1.807, 2.05) is 6.20 Å². The van der Waals surface area contributed by atoms with E-state index < -0.39 is 0 Å². The van der Waals surface area contributed by atoms with E-state index in [1.165, 1.54) is 87.9 Å². The lowest BCUT2D eigenvalue weighted by atomic mass is 9.94. The van der Waals surface area contributed by atoms with Crippen molar-refractivity contribution >= 4 is 0 Å². The summed E-state index contributed by atoms with van der Waals surface area (Å²) in [7, 11) is 0. The van der Waals surface area contributed by atoms with Gasteiger partial charge in [-0.25, -0.2) is 4.98 Å². The molecule has 1 aromatic carbocycles. The molecule has 0 atom stereocenters. The van der Waals surface area contributed by atoms with Crippen molar-refractivity contribution < 1.29 is 0 Å². The zero-order valence-electron chi connectivity index (χ0n) is 18.4. The molecule has 2 aromatic rings. The zero-order valence-corrected chi connectivity index (χ0v) is 18.4. The highest BCUT2D eigenvalue weighted by atomic mass is 15.2. The molecule has 2 fully saturated rings. The van der Waals surface area contributed by atoms with E-state index in [0.717, 1.165) is 24.3 Å². The van der Waals surface area contributed by atoms with Crippen LogP contribution >= 0.6 is 0 Å². The van der Waals surface area contributed by atoms with Gasteiger partial charge in [-0.05, 0) is 76.1 Å². The molecule has 4 rings (SSSR count). The molecule has 1 saturated heterocycles. The molecule has 0 unspecified atom stereocenters. The molecule has 1 aliphatic carbocycles. The van der Waals surface area contributed by atoms with Crippen molar-refractivity contribution in [1.29, 1.82) is 0 Å². The van der Waals surface area contributed by atoms with Gasteiger partial charge in [0.2, 0.25) is 0 Å². The van der Waals surface area contributed by atoms with E-state index in [9.17, 15) is 0 Å². The minimum atomic E-state index is 0.776. The van der Waals surface area contributed by atoms with Crippen LogP contribution in [-0.2, 0) is 13.0 Å². The maximum Gasteiger partial charge on any atom is 0.103 e. The predicted octanol–water partition coefficient (Wildman–Crippen LogP) is 4.73. The highest BCUT2D eigenvalue weighted by molar-refractivity contribution is 5.25. The van der Waals surface area contributed by atoms with Gasteiger partial charge in [-0.2, -0.15) is 0 Å². The number of aromatic nitrogens is 2. The van der Waals surface area contributed by atoms with E-state index in [1.54, 1.807) is 0 Å². The normalized spacial score (nSPS) is 19.4. The van der Waals surface area contributed by atoms with Crippen LogP contribution in [0.2, 0.25) is 0 Å². The smallest absolute Gasteiger partial charge is 0.103 e. The van der Waals surface area contributed by atoms with Gasteiger partial charge in [0.15, 0.2) is 0 Å². The maximum atomic E-state index is 4.42. The van der Waals surface area contributed by atoms with Crippen LogP contribution in [-0.4, -0.2) is 52.0 Å². The number of piperidine rings is 1. The number of hydrogen-bond donors (Lipinski definition) is 1. The minimum absolute atomic E-state index is 0.776. The van der Waals surface area contributed by atoms with Crippen LogP contribution < -0.4 is 0 Å². The van der Waals surface area contributed by atoms with Crippen molar-refractivity contribution in [1.82, 2.24) is 19.8 Å². The number of imidazole rings is 1. The average molecular weight is 395 g/mol. The Bertz CT molecular complexity index is 754. The van der Waals surface area contributed by atoms with Gasteiger partial charge in [0, 0.05) is 37.6 Å². The van der Waals surface area contributed by atoms with Gasteiger partial charge in [0.05, 0.1) is 0 Å². The van der Waals surface area contributed by atoms with Gasteiger partial charge in [0.25, 0.3) is 0 Å². The zero-order chi connectivity index (χ0) is 20.1. The van der Waals surface area contributed by atoms with Crippen LogP contribution in [0.3, 0.4) is 0 Å². The summed E-state index contributed by atoms with van der Waals surface area (Å²) in [5.74, 6) is 1.88. The Hall–Kier alpha value is -1.65. The molecule has 1 aromatic heterocycles. The molecule has 1 aliphatic heterocycles. The monoisotopic (exact) mass is 394 g/mol. The Morgan fingerprint density at radius 3 is 2.52 bits per heavy atom. The molecule has 29 heavy (non-hydrogen) atoms. The fraction of sp³-hybridized carbons (Fsp3) is 0.640. The highest BCUT2D eigenvalue weighted by Crippen LogP contribution is 2.28. The van der Waals surface area contributed by atoms with Crippen molar-refractivity contribution in [3.05, 3.63) is 53.1 Å². The first-order chi connectivity index (χ1) is 14.2. The number of benzene rings is 1. The first-order valence-corrected chi connectivity index (χ1v) is 11.7. The van der Waals surface area contributed by atoms with Crippen molar-refractivity contribution in [2.24, 2.45) is 5.92 Å². The Morgan fingerprint density at radius 2 is 1.83 bits per heavy atom. The van der Waals surface area contributed by atoms with Crippen molar-refractivity contribution in [2.75, 3.05) is 26.2 Å². The molecule has 2 heterocycles. The molecule has 2 aliphatic rings. The summed E-state index contributed by atoms with van der Waals surface area (Å²) in [6, 6.07) is 9.62. The number of H-pyrrole nitrogens is 1. The summed E-state index contributed by atoms with van der Waals surface area (Å²) >= 11 is 0. The summed E-state index contributed by atoms with van der Waals surface area (Å²) < 4.78 is 0. The number of nitrogens with zero attached hydrogens (tertiary/aromatic N) is 3. The molecule has 0 amide bonds. The molecule has 1 saturated carbocycles. The quantitative estimate of drug-likeness (QED) is 0.703. The van der Waals surface area contributed by atoms with Gasteiger partial charge in [-0.15, -0.1) is 0 Å². The second kappa shape index (κ2) is 9.90. The number of likely N-dealkylation sites (tertiary alicyclic amines) is 1. The highest BCUT2D eigenvalue weighted by Gasteiger charge is 2.27. The molecular weight excluding hydrogens is 356 g/mol. The molecule has 4 nitrogen and oxygen atoms in total. The number of aryl methyl sites for hydroxylation is 2. The first kappa shape index (κ1) is 20.6. The fourth-order valence-corrected chi connectivity index (χ4v) is 5.28. The largest absolute Gasteiger partial charge is 0.345 e. The molecule has 0 spiro atoms. The lowest BCUT2D eigenvalue weighted by Gasteiger charge is -2.37. The fourth-order valence-electron chi connectivity index (χ4n) is 5.28. The summed E-state index contributed by atoms with van der Waals surface area (Å²) in [6.45, 7) is 10.3. The summed E-state index contributed by atoms with van der Waals surface area (Å²) in [5.41, 5.74) is 4.23. The van der Waals surface area contributed by atoms with E-state index >= 15 is 0 Å². The Morgan fingerprint density at radius 1 is 1.07 bits per heavy atom. The standard InChI is InChI=1S/C25H38N4/c1-20-7-3-4-8-23(20)13-16-28-14-11-22(12-15-28)18-29(25-9-5-6-10-25)19-24-17-26-21(2)27-24/h3-4,7-8,17,22,25H,5-6,9-16,18-19H2,1-2H3,(H,26,27). The first-order valence-electron chi connectivity index (χ1n) is 11.7. The van der Waals surface area contributed by atoms with Crippen LogP contribution in [0.1, 0.15) is 61.2 Å². The van der Waals surface area contributed by atoms with E-state index in [2.05, 4.69) is 57.9 Å². The van der Waals surface area contributed by atoms with E-state index in [-0.39, 0.29) is 0 Å². The average Bonchev–Trinajstić information content (AvgIpc) is 3.40. The topological polar surface area (TPSA) is 35.2 Å². The molecule has 0 bridgehead atoms. The molecule has 0 radical (unpaired) electrons. The third kappa shape index (κ3) is 5.70. The molecule has 4 heteroatoms.